The predicted molar refractivity (Wildman–Crippen MR) is 99.9 cm³/mol. The number of benzene rings is 1. The zero-order chi connectivity index (χ0) is 19.3. The van der Waals surface area contributed by atoms with Gasteiger partial charge >= 0.3 is 5.97 Å². The lowest BCUT2D eigenvalue weighted by Crippen LogP contribution is -2.41. The van der Waals surface area contributed by atoms with Crippen LogP contribution >= 0.6 is 0 Å². The number of hydrogen-bond donors (Lipinski definition) is 2. The third-order valence-corrected chi connectivity index (χ3v) is 4.90. The Morgan fingerprint density at radius 1 is 1.19 bits per heavy atom. The van der Waals surface area contributed by atoms with Crippen LogP contribution in [0.1, 0.15) is 61.9 Å². The summed E-state index contributed by atoms with van der Waals surface area (Å²) in [5, 5.41) is 5.82. The third-order valence-electron chi connectivity index (χ3n) is 4.90. The summed E-state index contributed by atoms with van der Waals surface area (Å²) in [6.07, 6.45) is 3.44. The molecule has 0 aliphatic heterocycles. The summed E-state index contributed by atoms with van der Waals surface area (Å²) in [6, 6.07) is 5.10. The summed E-state index contributed by atoms with van der Waals surface area (Å²) in [4.78, 5) is 37.1. The molecule has 0 aromatic heterocycles. The summed E-state index contributed by atoms with van der Waals surface area (Å²) in [5.41, 5.74) is 1.12. The first-order valence-corrected chi connectivity index (χ1v) is 9.07. The molecule has 2 amide bonds. The Balaban J connectivity index is 2.20. The average Bonchev–Trinajstić information content (AvgIpc) is 3.04. The fraction of sp³-hybridized carbons (Fsp3) is 0.550. The van der Waals surface area contributed by atoms with Gasteiger partial charge in [-0.25, -0.2) is 4.79 Å². The lowest BCUT2D eigenvalue weighted by atomic mass is 9.81. The molecule has 2 N–H and O–H groups in total. The molecule has 2 rings (SSSR count). The topological polar surface area (TPSA) is 84.5 Å². The van der Waals surface area contributed by atoms with Crippen LogP contribution in [0.5, 0.6) is 0 Å². The molecule has 0 unspecified atom stereocenters. The van der Waals surface area contributed by atoms with Crippen LogP contribution in [-0.4, -0.2) is 30.9 Å². The number of anilines is 1. The Morgan fingerprint density at radius 2 is 1.85 bits per heavy atom. The van der Waals surface area contributed by atoms with E-state index in [0.717, 1.165) is 18.4 Å². The second kappa shape index (κ2) is 8.34. The highest BCUT2D eigenvalue weighted by Gasteiger charge is 2.43. The van der Waals surface area contributed by atoms with Gasteiger partial charge in [0.25, 0.3) is 0 Å². The van der Waals surface area contributed by atoms with Crippen LogP contribution < -0.4 is 10.6 Å². The normalized spacial score (nSPS) is 15.6. The number of aryl methyl sites for hydroxylation is 1. The van der Waals surface area contributed by atoms with Crippen molar-refractivity contribution in [2.24, 2.45) is 5.41 Å². The van der Waals surface area contributed by atoms with Crippen molar-refractivity contribution >= 4 is 23.5 Å². The van der Waals surface area contributed by atoms with Crippen LogP contribution in [0.15, 0.2) is 18.2 Å². The molecule has 0 atom stereocenters. The van der Waals surface area contributed by atoms with Crippen LogP contribution in [0.4, 0.5) is 5.69 Å². The molecule has 1 fully saturated rings. The Bertz CT molecular complexity index is 691. The van der Waals surface area contributed by atoms with Gasteiger partial charge in [-0.05, 0) is 51.3 Å². The molecular weight excluding hydrogens is 332 g/mol. The fourth-order valence-corrected chi connectivity index (χ4v) is 3.47. The molecule has 1 saturated carbocycles. The van der Waals surface area contributed by atoms with Crippen molar-refractivity contribution in [2.45, 2.75) is 58.9 Å². The van der Waals surface area contributed by atoms with E-state index in [2.05, 4.69) is 10.6 Å². The van der Waals surface area contributed by atoms with E-state index in [9.17, 15) is 14.4 Å². The molecule has 6 heteroatoms. The summed E-state index contributed by atoms with van der Waals surface area (Å²) < 4.78 is 4.74. The van der Waals surface area contributed by atoms with Gasteiger partial charge in [0.15, 0.2) is 0 Å². The highest BCUT2D eigenvalue weighted by atomic mass is 16.5. The number of esters is 1. The smallest absolute Gasteiger partial charge is 0.337 e. The monoisotopic (exact) mass is 360 g/mol. The predicted octanol–water partition coefficient (Wildman–Crippen LogP) is 3.20. The number of methoxy groups -OCH3 is 1. The Labute approximate surface area is 154 Å². The number of ether oxygens (including phenoxy) is 1. The molecule has 1 aromatic rings. The van der Waals surface area contributed by atoms with Gasteiger partial charge < -0.3 is 15.4 Å². The van der Waals surface area contributed by atoms with E-state index in [4.69, 9.17) is 4.74 Å². The van der Waals surface area contributed by atoms with Crippen molar-refractivity contribution in [2.75, 3.05) is 12.4 Å². The molecule has 6 nitrogen and oxygen atoms in total. The average molecular weight is 360 g/mol. The van der Waals surface area contributed by atoms with Crippen molar-refractivity contribution in [3.63, 3.8) is 0 Å². The Hall–Kier alpha value is -2.37. The van der Waals surface area contributed by atoms with Crippen LogP contribution in [0, 0.1) is 12.3 Å². The quantitative estimate of drug-likeness (QED) is 0.763. The highest BCUT2D eigenvalue weighted by molar-refractivity contribution is 6.00. The van der Waals surface area contributed by atoms with E-state index >= 15 is 0 Å². The van der Waals surface area contributed by atoms with Crippen molar-refractivity contribution in [3.8, 4) is 0 Å². The Kier molecular flexibility index (Phi) is 6.40. The van der Waals surface area contributed by atoms with Gasteiger partial charge in [-0.1, -0.05) is 18.9 Å². The number of carbonyl (C=O) groups excluding carboxylic acids is 3. The summed E-state index contributed by atoms with van der Waals surface area (Å²) in [7, 11) is 1.32. The third kappa shape index (κ3) is 4.62. The van der Waals surface area contributed by atoms with E-state index in [-0.39, 0.29) is 24.3 Å². The van der Waals surface area contributed by atoms with Crippen molar-refractivity contribution in [1.82, 2.24) is 5.32 Å². The van der Waals surface area contributed by atoms with Gasteiger partial charge in [0, 0.05) is 18.2 Å². The van der Waals surface area contributed by atoms with Gasteiger partial charge in [0.05, 0.1) is 18.1 Å². The second-order valence-corrected chi connectivity index (χ2v) is 7.36. The highest BCUT2D eigenvalue weighted by Crippen LogP contribution is 2.42. The Morgan fingerprint density at radius 3 is 2.42 bits per heavy atom. The molecule has 0 saturated heterocycles. The lowest BCUT2D eigenvalue weighted by Gasteiger charge is -2.28. The van der Waals surface area contributed by atoms with Crippen molar-refractivity contribution < 1.29 is 19.1 Å². The maximum absolute atomic E-state index is 13.1. The lowest BCUT2D eigenvalue weighted by molar-refractivity contribution is -0.132. The number of rotatable bonds is 6. The van der Waals surface area contributed by atoms with E-state index in [1.807, 2.05) is 20.8 Å². The molecule has 0 radical (unpaired) electrons. The van der Waals surface area contributed by atoms with Crippen LogP contribution in [0.25, 0.3) is 0 Å². The standard InChI is InChI=1S/C20H28N2O4/c1-13(2)21-17(23)12-20(9-5-6-10-20)19(25)22-16-11-15(18(24)26-4)8-7-14(16)3/h7-8,11,13H,5-6,9-10,12H2,1-4H3,(H,21,23)(H,22,25). The minimum Gasteiger partial charge on any atom is -0.465 e. The molecule has 0 heterocycles. The SMILES string of the molecule is COC(=O)c1ccc(C)c(NC(=O)C2(CC(=O)NC(C)C)CCCC2)c1. The zero-order valence-electron chi connectivity index (χ0n) is 16.0. The van der Waals surface area contributed by atoms with E-state index in [0.29, 0.717) is 24.1 Å². The zero-order valence-corrected chi connectivity index (χ0v) is 16.0. The number of carbonyl (C=O) groups is 3. The number of nitrogens with one attached hydrogen (secondary N) is 2. The summed E-state index contributed by atoms with van der Waals surface area (Å²) >= 11 is 0. The summed E-state index contributed by atoms with van der Waals surface area (Å²) in [6.45, 7) is 5.67. The maximum atomic E-state index is 13.1. The fourth-order valence-electron chi connectivity index (χ4n) is 3.47. The van der Waals surface area contributed by atoms with Gasteiger partial charge in [-0.15, -0.1) is 0 Å². The summed E-state index contributed by atoms with van der Waals surface area (Å²) in [5.74, 6) is -0.705. The first kappa shape index (κ1) is 19.9. The minimum absolute atomic E-state index is 0.0444. The maximum Gasteiger partial charge on any atom is 0.337 e. The molecule has 142 valence electrons. The second-order valence-electron chi connectivity index (χ2n) is 7.36. The molecule has 0 spiro atoms. The van der Waals surface area contributed by atoms with E-state index < -0.39 is 11.4 Å². The van der Waals surface area contributed by atoms with Crippen molar-refractivity contribution in [3.05, 3.63) is 29.3 Å². The van der Waals surface area contributed by atoms with E-state index in [1.54, 1.807) is 18.2 Å². The molecule has 26 heavy (non-hydrogen) atoms. The molecular formula is C20H28N2O4. The largest absolute Gasteiger partial charge is 0.465 e. The number of amides is 2. The molecule has 1 aliphatic rings. The van der Waals surface area contributed by atoms with Crippen LogP contribution in [-0.2, 0) is 14.3 Å². The first-order valence-electron chi connectivity index (χ1n) is 9.07. The van der Waals surface area contributed by atoms with Crippen LogP contribution in [0.3, 0.4) is 0 Å². The van der Waals surface area contributed by atoms with Gasteiger partial charge in [-0.2, -0.15) is 0 Å². The van der Waals surface area contributed by atoms with Crippen molar-refractivity contribution in [1.29, 1.82) is 0 Å². The molecule has 1 aromatic carbocycles. The van der Waals surface area contributed by atoms with Gasteiger partial charge in [0.2, 0.25) is 11.8 Å². The molecule has 1 aliphatic carbocycles. The number of hydrogen-bond acceptors (Lipinski definition) is 4. The first-order chi connectivity index (χ1) is 12.3. The van der Waals surface area contributed by atoms with E-state index in [1.165, 1.54) is 7.11 Å². The van der Waals surface area contributed by atoms with Crippen LogP contribution in [0.2, 0.25) is 0 Å². The van der Waals surface area contributed by atoms with Gasteiger partial charge in [0.1, 0.15) is 0 Å². The molecule has 0 bridgehead atoms. The van der Waals surface area contributed by atoms with Gasteiger partial charge in [-0.3, -0.25) is 9.59 Å². The minimum atomic E-state index is -0.688.